The third-order valence-corrected chi connectivity index (χ3v) is 5.60. The summed E-state index contributed by atoms with van der Waals surface area (Å²) in [4.78, 5) is 38.8. The van der Waals surface area contributed by atoms with Crippen molar-refractivity contribution in [2.24, 2.45) is 9.98 Å². The fourth-order valence-corrected chi connectivity index (χ4v) is 4.04. The van der Waals surface area contributed by atoms with Gasteiger partial charge in [-0.25, -0.2) is 9.98 Å². The number of hydrogen-bond acceptors (Lipinski definition) is 7. The summed E-state index contributed by atoms with van der Waals surface area (Å²) < 4.78 is 0. The van der Waals surface area contributed by atoms with Crippen molar-refractivity contribution in [3.05, 3.63) is 63.5 Å². The van der Waals surface area contributed by atoms with Crippen LogP contribution in [0.4, 0.5) is 0 Å². The molecule has 0 fully saturated rings. The lowest BCUT2D eigenvalue weighted by Crippen LogP contribution is -2.24. The average Bonchev–Trinajstić information content (AvgIpc) is 3.27. The molecule has 0 atom stereocenters. The van der Waals surface area contributed by atoms with Crippen LogP contribution in [0.15, 0.2) is 62.9 Å². The molecule has 0 bridgehead atoms. The average molecular weight is 418 g/mol. The van der Waals surface area contributed by atoms with Crippen molar-refractivity contribution in [1.82, 2.24) is 9.80 Å². The Morgan fingerprint density at radius 3 is 2.13 bits per heavy atom. The first kappa shape index (κ1) is 21.1. The molecule has 1 N–H and O–H groups in total. The molecule has 0 radical (unpaired) electrons. The number of ketones is 2. The first-order valence-electron chi connectivity index (χ1n) is 10.3. The summed E-state index contributed by atoms with van der Waals surface area (Å²) in [6, 6.07) is 5.27. The lowest BCUT2D eigenvalue weighted by Gasteiger charge is -2.15. The highest BCUT2D eigenvalue weighted by Crippen LogP contribution is 2.37. The molecule has 160 valence electrons. The summed E-state index contributed by atoms with van der Waals surface area (Å²) in [6.45, 7) is 1.46. The minimum atomic E-state index is -0.263. The number of phenols is 1. The number of allylic oxidation sites excluding steroid dienone is 5. The molecule has 0 saturated carbocycles. The monoisotopic (exact) mass is 418 g/mol. The second-order valence-electron chi connectivity index (χ2n) is 8.44. The molecular weight excluding hydrogens is 392 g/mol. The molecular formula is C24H26N4O3. The van der Waals surface area contributed by atoms with Gasteiger partial charge in [0.15, 0.2) is 5.78 Å². The maximum Gasteiger partial charge on any atom is 0.205 e. The third kappa shape index (κ3) is 3.82. The van der Waals surface area contributed by atoms with Crippen LogP contribution in [0.1, 0.15) is 12.8 Å². The molecule has 2 aliphatic heterocycles. The van der Waals surface area contributed by atoms with Crippen LogP contribution in [-0.4, -0.2) is 73.5 Å². The van der Waals surface area contributed by atoms with Crippen LogP contribution < -0.4 is 10.6 Å². The minimum Gasteiger partial charge on any atom is -0.507 e. The van der Waals surface area contributed by atoms with E-state index in [1.807, 2.05) is 39.2 Å². The first-order valence-corrected chi connectivity index (χ1v) is 10.3. The van der Waals surface area contributed by atoms with Gasteiger partial charge in [0.25, 0.3) is 0 Å². The minimum absolute atomic E-state index is 0.171. The van der Waals surface area contributed by atoms with Gasteiger partial charge in [-0.2, -0.15) is 0 Å². The van der Waals surface area contributed by atoms with Crippen LogP contribution in [0.2, 0.25) is 0 Å². The summed E-state index contributed by atoms with van der Waals surface area (Å²) in [5, 5.41) is 12.0. The quantitative estimate of drug-likeness (QED) is 0.737. The normalized spacial score (nSPS) is 20.1. The Labute approximate surface area is 181 Å². The van der Waals surface area contributed by atoms with E-state index in [4.69, 9.17) is 4.99 Å². The van der Waals surface area contributed by atoms with Crippen molar-refractivity contribution in [2.45, 2.75) is 12.8 Å². The Hall–Kier alpha value is -3.16. The summed E-state index contributed by atoms with van der Waals surface area (Å²) in [5.41, 5.74) is 3.43. The number of nitrogens with zero attached hydrogens (tertiary/aromatic N) is 4. The molecule has 2 heterocycles. The van der Waals surface area contributed by atoms with E-state index in [-0.39, 0.29) is 23.0 Å². The molecule has 7 heteroatoms. The van der Waals surface area contributed by atoms with Crippen molar-refractivity contribution in [3.8, 4) is 5.75 Å². The van der Waals surface area contributed by atoms with Crippen molar-refractivity contribution < 1.29 is 14.7 Å². The Balaban J connectivity index is 1.97. The maximum atomic E-state index is 12.7. The van der Waals surface area contributed by atoms with Gasteiger partial charge >= 0.3 is 0 Å². The second-order valence-corrected chi connectivity index (χ2v) is 8.44. The molecule has 7 nitrogen and oxygen atoms in total. The molecule has 0 unspecified atom stereocenters. The van der Waals surface area contributed by atoms with Gasteiger partial charge in [-0.3, -0.25) is 9.59 Å². The number of fused-ring (bicyclic) bond motifs is 2. The fraction of sp³-hybridized carbons (Fsp3) is 0.333. The van der Waals surface area contributed by atoms with Crippen molar-refractivity contribution in [1.29, 1.82) is 0 Å². The summed E-state index contributed by atoms with van der Waals surface area (Å²) >= 11 is 0. The number of carbonyl (C=O) groups excluding carboxylic acids is 2. The topological polar surface area (TPSA) is 85.6 Å². The number of phenolic OH excluding ortho intramolecular Hbond substituents is 1. The summed E-state index contributed by atoms with van der Waals surface area (Å²) in [6.07, 6.45) is 3.83. The number of aromatic hydroxyl groups is 1. The molecule has 0 amide bonds. The predicted octanol–water partition coefficient (Wildman–Crippen LogP) is 0.750. The van der Waals surface area contributed by atoms with Gasteiger partial charge < -0.3 is 14.9 Å². The molecule has 1 aromatic carbocycles. The van der Waals surface area contributed by atoms with E-state index < -0.39 is 0 Å². The van der Waals surface area contributed by atoms with Gasteiger partial charge in [0, 0.05) is 18.3 Å². The number of rotatable bonds is 6. The van der Waals surface area contributed by atoms with Crippen molar-refractivity contribution in [2.75, 3.05) is 41.3 Å². The molecule has 0 saturated heterocycles. The maximum absolute atomic E-state index is 12.7. The van der Waals surface area contributed by atoms with E-state index in [1.54, 1.807) is 12.1 Å². The second kappa shape index (κ2) is 8.17. The van der Waals surface area contributed by atoms with Gasteiger partial charge in [-0.15, -0.1) is 0 Å². The van der Waals surface area contributed by atoms with E-state index >= 15 is 0 Å². The van der Waals surface area contributed by atoms with Gasteiger partial charge in [-0.1, -0.05) is 6.07 Å². The fourth-order valence-electron chi connectivity index (χ4n) is 4.04. The molecule has 0 aromatic heterocycles. The van der Waals surface area contributed by atoms with Crippen LogP contribution >= 0.6 is 0 Å². The van der Waals surface area contributed by atoms with Gasteiger partial charge in [0.1, 0.15) is 11.5 Å². The Bertz CT molecular complexity index is 1230. The standard InChI is InChI=1S/C24H26N4O3/c1-27(2)12-10-14-20-16(6-5-7-17(20)29)25-22(14)23-15(11-13-28(3)4)21-18(30)8-9-19(31)24(21)26-23/h5-9,29H,10-13H2,1-4H3. The lowest BCUT2D eigenvalue weighted by atomic mass is 9.91. The zero-order chi connectivity index (χ0) is 22.3. The molecule has 4 rings (SSSR count). The van der Waals surface area contributed by atoms with Gasteiger partial charge in [-0.05, 0) is 76.5 Å². The highest BCUT2D eigenvalue weighted by Gasteiger charge is 2.36. The van der Waals surface area contributed by atoms with E-state index in [9.17, 15) is 14.7 Å². The Kier molecular flexibility index (Phi) is 5.56. The highest BCUT2D eigenvalue weighted by molar-refractivity contribution is 6.59. The largest absolute Gasteiger partial charge is 0.507 e. The zero-order valence-electron chi connectivity index (χ0n) is 18.3. The van der Waals surface area contributed by atoms with Gasteiger partial charge in [0.2, 0.25) is 5.78 Å². The van der Waals surface area contributed by atoms with E-state index in [2.05, 4.69) is 9.89 Å². The number of carbonyl (C=O) groups is 2. The summed E-state index contributed by atoms with van der Waals surface area (Å²) in [7, 11) is 7.90. The SMILES string of the molecule is CN(C)CCC1=C2C(=O)C=CC(=O)C2=NC1=C1N=c2cccc(O)c2=C1CCN(C)C. The van der Waals surface area contributed by atoms with Crippen LogP contribution in [0.5, 0.6) is 5.75 Å². The molecule has 1 aromatic rings. The predicted molar refractivity (Wildman–Crippen MR) is 119 cm³/mol. The molecule has 3 aliphatic rings. The third-order valence-electron chi connectivity index (χ3n) is 5.60. The number of hydrogen-bond donors (Lipinski definition) is 1. The number of aliphatic imine (C=N–C) groups is 1. The highest BCUT2D eigenvalue weighted by atomic mass is 16.3. The van der Waals surface area contributed by atoms with E-state index in [0.29, 0.717) is 46.9 Å². The lowest BCUT2D eigenvalue weighted by molar-refractivity contribution is -0.113. The molecule has 31 heavy (non-hydrogen) atoms. The molecule has 1 aliphatic carbocycles. The van der Waals surface area contributed by atoms with Crippen LogP contribution in [0, 0.1) is 0 Å². The van der Waals surface area contributed by atoms with Crippen LogP contribution in [0.3, 0.4) is 0 Å². The summed E-state index contributed by atoms with van der Waals surface area (Å²) in [5.74, 6) is -0.290. The molecule has 0 spiro atoms. The Morgan fingerprint density at radius 1 is 0.839 bits per heavy atom. The van der Waals surface area contributed by atoms with Gasteiger partial charge in [0.05, 0.1) is 22.3 Å². The first-order chi connectivity index (χ1) is 14.8. The van der Waals surface area contributed by atoms with Crippen molar-refractivity contribution in [3.63, 3.8) is 0 Å². The number of benzene rings is 1. The van der Waals surface area contributed by atoms with E-state index in [1.165, 1.54) is 12.2 Å². The van der Waals surface area contributed by atoms with Crippen LogP contribution in [0.25, 0.3) is 5.57 Å². The van der Waals surface area contributed by atoms with Crippen molar-refractivity contribution >= 4 is 22.9 Å². The van der Waals surface area contributed by atoms with E-state index in [0.717, 1.165) is 17.7 Å². The van der Waals surface area contributed by atoms with Crippen LogP contribution in [-0.2, 0) is 9.59 Å². The smallest absolute Gasteiger partial charge is 0.205 e. The Morgan fingerprint density at radius 2 is 1.45 bits per heavy atom. The zero-order valence-corrected chi connectivity index (χ0v) is 18.3.